The number of ether oxygens (including phenoxy) is 1. The lowest BCUT2D eigenvalue weighted by Gasteiger charge is -2.01. The molecule has 0 aliphatic heterocycles. The van der Waals surface area contributed by atoms with Crippen LogP contribution in [0.5, 0.6) is 0 Å². The molecule has 0 aliphatic carbocycles. The summed E-state index contributed by atoms with van der Waals surface area (Å²) in [5.74, 6) is 0.106. The van der Waals surface area contributed by atoms with Gasteiger partial charge in [-0.15, -0.1) is 11.3 Å². The Morgan fingerprint density at radius 1 is 0.846 bits per heavy atom. The second-order valence-electron chi connectivity index (χ2n) is 6.52. The van der Waals surface area contributed by atoms with Gasteiger partial charge in [0.25, 0.3) is 0 Å². The fourth-order valence-corrected chi connectivity index (χ4v) is 3.91. The molecule has 0 spiro atoms. The van der Waals surface area contributed by atoms with Gasteiger partial charge in [-0.3, -0.25) is 9.59 Å². The number of hydrogen-bond acceptors (Lipinski definition) is 4. The minimum absolute atomic E-state index is 0.153. The third-order valence-corrected chi connectivity index (χ3v) is 5.62. The van der Waals surface area contributed by atoms with E-state index >= 15 is 0 Å². The number of aryl methyl sites for hydroxylation is 2. The number of esters is 1. The molecule has 0 saturated heterocycles. The van der Waals surface area contributed by atoms with Crippen molar-refractivity contribution in [1.29, 1.82) is 0 Å². The van der Waals surface area contributed by atoms with Crippen LogP contribution in [0, 0.1) is 0 Å². The maximum absolute atomic E-state index is 12.3. The molecular formula is C22H28O3S. The summed E-state index contributed by atoms with van der Waals surface area (Å²) in [7, 11) is 1.42. The highest BCUT2D eigenvalue weighted by Gasteiger charge is 2.09. The smallest absolute Gasteiger partial charge is 0.305 e. The highest BCUT2D eigenvalue weighted by Crippen LogP contribution is 2.21. The van der Waals surface area contributed by atoms with E-state index in [-0.39, 0.29) is 11.8 Å². The minimum Gasteiger partial charge on any atom is -0.469 e. The van der Waals surface area contributed by atoms with Crippen LogP contribution in [-0.4, -0.2) is 18.9 Å². The zero-order valence-electron chi connectivity index (χ0n) is 15.5. The van der Waals surface area contributed by atoms with Gasteiger partial charge in [0, 0.05) is 17.7 Å². The highest BCUT2D eigenvalue weighted by atomic mass is 32.1. The lowest BCUT2D eigenvalue weighted by atomic mass is 10.0. The van der Waals surface area contributed by atoms with Crippen LogP contribution in [0.3, 0.4) is 0 Å². The topological polar surface area (TPSA) is 43.4 Å². The van der Waals surface area contributed by atoms with Crippen molar-refractivity contribution in [3.8, 4) is 0 Å². The number of ketones is 1. The zero-order chi connectivity index (χ0) is 18.6. The molecule has 0 atom stereocenters. The number of thiophene rings is 1. The maximum atomic E-state index is 12.3. The summed E-state index contributed by atoms with van der Waals surface area (Å²) in [5, 5.41) is 0. The Labute approximate surface area is 160 Å². The summed E-state index contributed by atoms with van der Waals surface area (Å²) in [6.07, 6.45) is 8.07. The van der Waals surface area contributed by atoms with Crippen LogP contribution >= 0.6 is 11.3 Å². The van der Waals surface area contributed by atoms with Crippen LogP contribution in [-0.2, 0) is 22.4 Å². The predicted molar refractivity (Wildman–Crippen MR) is 107 cm³/mol. The van der Waals surface area contributed by atoms with Crippen LogP contribution < -0.4 is 0 Å². The molecule has 1 aromatic carbocycles. The standard InChI is InChI=1S/C22H28O3S/c1-25-22(24)15-9-8-13-19-16-17-21(26-19)20(23)14-7-3-6-12-18-10-4-2-5-11-18/h2,4-5,10-11,16-17H,3,6-9,12-15H2,1H3. The Bertz CT molecular complexity index is 676. The van der Waals surface area contributed by atoms with E-state index < -0.39 is 0 Å². The van der Waals surface area contributed by atoms with Crippen molar-refractivity contribution in [2.75, 3.05) is 7.11 Å². The maximum Gasteiger partial charge on any atom is 0.305 e. The Hall–Kier alpha value is -1.94. The molecule has 0 fully saturated rings. The molecule has 0 N–H and O–H groups in total. The van der Waals surface area contributed by atoms with Gasteiger partial charge in [0.15, 0.2) is 5.78 Å². The van der Waals surface area contributed by atoms with Gasteiger partial charge in [-0.05, 0) is 56.2 Å². The lowest BCUT2D eigenvalue weighted by molar-refractivity contribution is -0.140. The van der Waals surface area contributed by atoms with E-state index in [4.69, 9.17) is 0 Å². The fraction of sp³-hybridized carbons (Fsp3) is 0.455. The van der Waals surface area contributed by atoms with Crippen molar-refractivity contribution in [3.05, 3.63) is 57.8 Å². The molecule has 0 aliphatic rings. The third-order valence-electron chi connectivity index (χ3n) is 4.43. The molecule has 0 saturated carbocycles. The summed E-state index contributed by atoms with van der Waals surface area (Å²) in [6.45, 7) is 0. The molecule has 0 radical (unpaired) electrons. The van der Waals surface area contributed by atoms with Crippen molar-refractivity contribution in [2.45, 2.75) is 57.8 Å². The number of Topliss-reactive ketones (excluding diaryl/α,β-unsaturated/α-hetero) is 1. The van der Waals surface area contributed by atoms with Gasteiger partial charge in [0.05, 0.1) is 12.0 Å². The first-order valence-electron chi connectivity index (χ1n) is 9.41. The van der Waals surface area contributed by atoms with Crippen LogP contribution in [0.4, 0.5) is 0 Å². The van der Waals surface area contributed by atoms with Gasteiger partial charge in [0.1, 0.15) is 0 Å². The minimum atomic E-state index is -0.153. The largest absolute Gasteiger partial charge is 0.469 e. The van der Waals surface area contributed by atoms with E-state index in [1.165, 1.54) is 17.6 Å². The Balaban J connectivity index is 1.60. The van der Waals surface area contributed by atoms with Crippen molar-refractivity contribution in [1.82, 2.24) is 0 Å². The van der Waals surface area contributed by atoms with Gasteiger partial charge >= 0.3 is 5.97 Å². The number of benzene rings is 1. The second kappa shape index (κ2) is 11.6. The average Bonchev–Trinajstić information content (AvgIpc) is 3.14. The second-order valence-corrected chi connectivity index (χ2v) is 7.69. The van der Waals surface area contributed by atoms with E-state index in [0.717, 1.165) is 49.8 Å². The third kappa shape index (κ3) is 7.52. The number of methoxy groups -OCH3 is 1. The number of unbranched alkanes of at least 4 members (excludes halogenated alkanes) is 3. The van der Waals surface area contributed by atoms with E-state index in [1.807, 2.05) is 18.2 Å². The van der Waals surface area contributed by atoms with E-state index in [0.29, 0.717) is 12.8 Å². The van der Waals surface area contributed by atoms with Crippen molar-refractivity contribution >= 4 is 23.1 Å². The molecule has 140 valence electrons. The average molecular weight is 373 g/mol. The molecule has 0 bridgehead atoms. The van der Waals surface area contributed by atoms with E-state index in [2.05, 4.69) is 29.0 Å². The number of hydrogen-bond donors (Lipinski definition) is 0. The SMILES string of the molecule is COC(=O)CCCCc1ccc(C(=O)CCCCCc2ccccc2)s1. The van der Waals surface area contributed by atoms with Gasteiger partial charge < -0.3 is 4.74 Å². The van der Waals surface area contributed by atoms with E-state index in [9.17, 15) is 9.59 Å². The zero-order valence-corrected chi connectivity index (χ0v) is 16.4. The van der Waals surface area contributed by atoms with Crippen molar-refractivity contribution in [3.63, 3.8) is 0 Å². The molecular weight excluding hydrogens is 344 g/mol. The van der Waals surface area contributed by atoms with Gasteiger partial charge in [-0.1, -0.05) is 36.8 Å². The molecule has 2 rings (SSSR count). The monoisotopic (exact) mass is 372 g/mol. The normalized spacial score (nSPS) is 10.7. The lowest BCUT2D eigenvalue weighted by Crippen LogP contribution is -1.99. The summed E-state index contributed by atoms with van der Waals surface area (Å²) >= 11 is 1.60. The molecule has 3 nitrogen and oxygen atoms in total. The van der Waals surface area contributed by atoms with Gasteiger partial charge in [-0.25, -0.2) is 0 Å². The summed E-state index contributed by atoms with van der Waals surface area (Å²) in [6, 6.07) is 14.5. The number of carbonyl (C=O) groups is 2. The van der Waals surface area contributed by atoms with Crippen LogP contribution in [0.2, 0.25) is 0 Å². The van der Waals surface area contributed by atoms with Crippen LogP contribution in [0.1, 0.15) is 65.1 Å². The first kappa shape index (κ1) is 20.4. The summed E-state index contributed by atoms with van der Waals surface area (Å²) in [4.78, 5) is 25.5. The fourth-order valence-electron chi connectivity index (χ4n) is 2.89. The van der Waals surface area contributed by atoms with Crippen molar-refractivity contribution in [2.24, 2.45) is 0 Å². The molecule has 0 unspecified atom stereocenters. The Morgan fingerprint density at radius 2 is 1.58 bits per heavy atom. The van der Waals surface area contributed by atoms with Crippen LogP contribution in [0.25, 0.3) is 0 Å². The van der Waals surface area contributed by atoms with Crippen molar-refractivity contribution < 1.29 is 14.3 Å². The first-order chi connectivity index (χ1) is 12.7. The summed E-state index contributed by atoms with van der Waals surface area (Å²) < 4.78 is 4.64. The first-order valence-corrected chi connectivity index (χ1v) is 10.2. The Kier molecular flexibility index (Phi) is 9.11. The van der Waals surface area contributed by atoms with Crippen LogP contribution in [0.15, 0.2) is 42.5 Å². The van der Waals surface area contributed by atoms with Gasteiger partial charge in [0.2, 0.25) is 0 Å². The molecule has 2 aromatic rings. The number of rotatable bonds is 12. The summed E-state index contributed by atoms with van der Waals surface area (Å²) in [5.41, 5.74) is 1.37. The highest BCUT2D eigenvalue weighted by molar-refractivity contribution is 7.14. The van der Waals surface area contributed by atoms with E-state index in [1.54, 1.807) is 11.3 Å². The molecule has 26 heavy (non-hydrogen) atoms. The predicted octanol–water partition coefficient (Wildman–Crippen LogP) is 5.62. The Morgan fingerprint density at radius 3 is 2.35 bits per heavy atom. The molecule has 0 amide bonds. The quantitative estimate of drug-likeness (QED) is 0.276. The molecule has 1 heterocycles. The van der Waals surface area contributed by atoms with Gasteiger partial charge in [-0.2, -0.15) is 0 Å². The molecule has 1 aromatic heterocycles. The number of carbonyl (C=O) groups excluding carboxylic acids is 2. The molecule has 4 heteroatoms.